The van der Waals surface area contributed by atoms with Gasteiger partial charge < -0.3 is 19.0 Å². The number of aliphatic hydroxyl groups excluding tert-OH is 1. The van der Waals surface area contributed by atoms with Crippen molar-refractivity contribution in [3.05, 3.63) is 59.8 Å². The first-order valence-electron chi connectivity index (χ1n) is 9.06. The Bertz CT molecular complexity index is 643. The molecule has 1 aliphatic rings. The number of halogens is 1. The quantitative estimate of drug-likeness (QED) is 0.703. The van der Waals surface area contributed by atoms with E-state index in [1.165, 1.54) is 6.07 Å². The van der Waals surface area contributed by atoms with Gasteiger partial charge >= 0.3 is 0 Å². The average molecular weight is 363 g/mol. The highest BCUT2D eigenvalue weighted by molar-refractivity contribution is 5.17. The topological polar surface area (TPSA) is 55.1 Å². The summed E-state index contributed by atoms with van der Waals surface area (Å²) in [5.74, 6) is 0.494. The minimum Gasteiger partial charge on any atom is -0.467 e. The predicted molar refractivity (Wildman–Crippen MR) is 95.0 cm³/mol. The third-order valence-corrected chi connectivity index (χ3v) is 4.44. The zero-order valence-corrected chi connectivity index (χ0v) is 14.9. The Morgan fingerprint density at radius 2 is 2.15 bits per heavy atom. The highest BCUT2D eigenvalue weighted by Gasteiger charge is 2.22. The smallest absolute Gasteiger partial charge is 0.129 e. The molecule has 1 fully saturated rings. The lowest BCUT2D eigenvalue weighted by atomic mass is 10.1. The molecular weight excluding hydrogens is 337 g/mol. The maximum Gasteiger partial charge on any atom is 0.129 e. The van der Waals surface area contributed by atoms with Crippen LogP contribution in [0.2, 0.25) is 0 Å². The highest BCUT2D eigenvalue weighted by atomic mass is 19.1. The fourth-order valence-electron chi connectivity index (χ4n) is 3.19. The van der Waals surface area contributed by atoms with Crippen molar-refractivity contribution in [1.29, 1.82) is 0 Å². The fourth-order valence-corrected chi connectivity index (χ4v) is 3.19. The number of ether oxygens (including phenoxy) is 2. The molecule has 0 spiro atoms. The molecule has 0 aliphatic carbocycles. The van der Waals surface area contributed by atoms with Crippen molar-refractivity contribution in [2.24, 2.45) is 0 Å². The van der Waals surface area contributed by atoms with Crippen molar-refractivity contribution < 1.29 is 23.4 Å². The zero-order chi connectivity index (χ0) is 18.2. The van der Waals surface area contributed by atoms with Crippen LogP contribution in [-0.4, -0.2) is 48.5 Å². The van der Waals surface area contributed by atoms with Crippen LogP contribution in [-0.2, 0) is 22.6 Å². The fraction of sp³-hybridized carbons (Fsp3) is 0.500. The van der Waals surface area contributed by atoms with Crippen LogP contribution in [0.15, 0.2) is 47.1 Å². The Morgan fingerprint density at radius 3 is 2.88 bits per heavy atom. The van der Waals surface area contributed by atoms with Gasteiger partial charge in [0.1, 0.15) is 18.2 Å². The molecule has 1 aliphatic heterocycles. The summed E-state index contributed by atoms with van der Waals surface area (Å²) < 4.78 is 30.4. The molecule has 1 N–H and O–H groups in total. The monoisotopic (exact) mass is 363 g/mol. The summed E-state index contributed by atoms with van der Waals surface area (Å²) >= 11 is 0. The molecule has 0 radical (unpaired) electrons. The highest BCUT2D eigenvalue weighted by Crippen LogP contribution is 2.17. The molecule has 0 amide bonds. The molecule has 142 valence electrons. The molecule has 6 heteroatoms. The van der Waals surface area contributed by atoms with E-state index in [-0.39, 0.29) is 18.5 Å². The maximum absolute atomic E-state index is 14.0. The Morgan fingerprint density at radius 1 is 1.27 bits per heavy atom. The summed E-state index contributed by atoms with van der Waals surface area (Å²) in [7, 11) is 0. The third kappa shape index (κ3) is 5.92. The molecule has 2 aromatic rings. The van der Waals surface area contributed by atoms with Crippen LogP contribution < -0.4 is 0 Å². The first-order valence-corrected chi connectivity index (χ1v) is 9.06. The van der Waals surface area contributed by atoms with Crippen molar-refractivity contribution in [2.45, 2.75) is 38.2 Å². The van der Waals surface area contributed by atoms with Crippen molar-refractivity contribution in [3.8, 4) is 0 Å². The van der Waals surface area contributed by atoms with Gasteiger partial charge in [-0.1, -0.05) is 18.2 Å². The second-order valence-corrected chi connectivity index (χ2v) is 6.67. The van der Waals surface area contributed by atoms with Crippen LogP contribution in [0.3, 0.4) is 0 Å². The van der Waals surface area contributed by atoms with E-state index < -0.39 is 6.10 Å². The lowest BCUT2D eigenvalue weighted by Gasteiger charge is -2.27. The van der Waals surface area contributed by atoms with Gasteiger partial charge in [0, 0.05) is 31.8 Å². The molecule has 0 bridgehead atoms. The SMILES string of the molecule is O[C@H](COCc1ccco1)CN(Cc1ccccc1F)C[C@@H]1CCCO1. The molecule has 5 nitrogen and oxygen atoms in total. The number of hydrogen-bond donors (Lipinski definition) is 1. The third-order valence-electron chi connectivity index (χ3n) is 4.44. The largest absolute Gasteiger partial charge is 0.467 e. The summed E-state index contributed by atoms with van der Waals surface area (Å²) in [6, 6.07) is 10.4. The Balaban J connectivity index is 1.52. The van der Waals surface area contributed by atoms with Gasteiger partial charge in [0.15, 0.2) is 0 Å². The van der Waals surface area contributed by atoms with Crippen LogP contribution in [0.4, 0.5) is 4.39 Å². The summed E-state index contributed by atoms with van der Waals surface area (Å²) in [5, 5.41) is 10.3. The van der Waals surface area contributed by atoms with E-state index in [9.17, 15) is 9.50 Å². The van der Waals surface area contributed by atoms with Crippen LogP contribution in [0.25, 0.3) is 0 Å². The molecule has 26 heavy (non-hydrogen) atoms. The van der Waals surface area contributed by atoms with Gasteiger partial charge in [-0.15, -0.1) is 0 Å². The van der Waals surface area contributed by atoms with Gasteiger partial charge in [-0.05, 0) is 31.0 Å². The molecule has 0 unspecified atom stereocenters. The summed E-state index contributed by atoms with van der Waals surface area (Å²) in [6.45, 7) is 2.79. The second kappa shape index (κ2) is 9.83. The Kier molecular flexibility index (Phi) is 7.20. The number of rotatable bonds is 10. The lowest BCUT2D eigenvalue weighted by Crippen LogP contribution is -2.39. The molecule has 0 saturated carbocycles. The Hall–Kier alpha value is -1.73. The van der Waals surface area contributed by atoms with Crippen molar-refractivity contribution in [1.82, 2.24) is 4.90 Å². The number of aliphatic hydroxyl groups is 1. The van der Waals surface area contributed by atoms with Gasteiger partial charge in [-0.3, -0.25) is 4.90 Å². The molecule has 2 heterocycles. The van der Waals surface area contributed by atoms with E-state index in [2.05, 4.69) is 0 Å². The van der Waals surface area contributed by atoms with Gasteiger partial charge in [-0.25, -0.2) is 4.39 Å². The van der Waals surface area contributed by atoms with E-state index in [4.69, 9.17) is 13.9 Å². The van der Waals surface area contributed by atoms with Crippen LogP contribution in [0.1, 0.15) is 24.2 Å². The van der Waals surface area contributed by atoms with E-state index in [0.29, 0.717) is 31.8 Å². The van der Waals surface area contributed by atoms with Crippen LogP contribution in [0, 0.1) is 5.82 Å². The number of benzene rings is 1. The summed E-state index contributed by atoms with van der Waals surface area (Å²) in [4.78, 5) is 2.04. The molecule has 2 atom stereocenters. The minimum atomic E-state index is -0.668. The summed E-state index contributed by atoms with van der Waals surface area (Å²) in [5.41, 5.74) is 0.620. The van der Waals surface area contributed by atoms with Gasteiger partial charge in [0.2, 0.25) is 0 Å². The number of nitrogens with zero attached hydrogens (tertiary/aromatic N) is 1. The van der Waals surface area contributed by atoms with Crippen LogP contribution in [0.5, 0.6) is 0 Å². The van der Waals surface area contributed by atoms with Crippen molar-refractivity contribution in [3.63, 3.8) is 0 Å². The Labute approximate surface area is 153 Å². The number of furan rings is 1. The van der Waals surface area contributed by atoms with Crippen LogP contribution >= 0.6 is 0 Å². The van der Waals surface area contributed by atoms with E-state index in [1.54, 1.807) is 24.5 Å². The second-order valence-electron chi connectivity index (χ2n) is 6.67. The molecule has 1 aromatic heterocycles. The molecular formula is C20H26FNO4. The molecule has 3 rings (SSSR count). The maximum atomic E-state index is 14.0. The normalized spacial score (nSPS) is 18.5. The predicted octanol–water partition coefficient (Wildman–Crippen LogP) is 2.98. The number of hydrogen-bond acceptors (Lipinski definition) is 5. The first-order chi connectivity index (χ1) is 12.7. The summed E-state index contributed by atoms with van der Waals surface area (Å²) in [6.07, 6.45) is 3.11. The van der Waals surface area contributed by atoms with E-state index >= 15 is 0 Å². The standard InChI is InChI=1S/C20H26FNO4/c21-20-8-2-1-5-16(20)11-22(13-18-6-3-9-25-18)12-17(23)14-24-15-19-7-4-10-26-19/h1-2,4-5,7-8,10,17-18,23H,3,6,9,11-15H2/t17-,18-/m0/s1. The molecule has 1 aromatic carbocycles. The van der Waals surface area contributed by atoms with Crippen molar-refractivity contribution >= 4 is 0 Å². The zero-order valence-electron chi connectivity index (χ0n) is 14.9. The lowest BCUT2D eigenvalue weighted by molar-refractivity contribution is -0.00655. The van der Waals surface area contributed by atoms with Gasteiger partial charge in [-0.2, -0.15) is 0 Å². The van der Waals surface area contributed by atoms with Crippen molar-refractivity contribution in [2.75, 3.05) is 26.3 Å². The van der Waals surface area contributed by atoms with Gasteiger partial charge in [0.25, 0.3) is 0 Å². The average Bonchev–Trinajstić information content (AvgIpc) is 3.31. The molecule has 1 saturated heterocycles. The van der Waals surface area contributed by atoms with Gasteiger partial charge in [0.05, 0.1) is 25.1 Å². The minimum absolute atomic E-state index is 0.137. The first kappa shape index (κ1) is 19.0. The van der Waals surface area contributed by atoms with E-state index in [0.717, 1.165) is 25.2 Å². The van der Waals surface area contributed by atoms with E-state index in [1.807, 2.05) is 17.0 Å².